The summed E-state index contributed by atoms with van der Waals surface area (Å²) < 4.78 is 56.7. The number of benzene rings is 2. The van der Waals surface area contributed by atoms with E-state index >= 15 is 0 Å². The summed E-state index contributed by atoms with van der Waals surface area (Å²) in [4.78, 5) is 16.4. The summed E-state index contributed by atoms with van der Waals surface area (Å²) in [6, 6.07) is 12.7. The van der Waals surface area contributed by atoms with Gasteiger partial charge in [-0.3, -0.25) is 9.11 Å². The number of rotatable bonds is 5. The summed E-state index contributed by atoms with van der Waals surface area (Å²) in [5.74, 6) is -0.455. The number of hydrogen-bond acceptors (Lipinski definition) is 5. The normalized spacial score (nSPS) is 17.2. The van der Waals surface area contributed by atoms with Gasteiger partial charge in [0.15, 0.2) is 0 Å². The first-order chi connectivity index (χ1) is 15.8. The Hall–Kier alpha value is -3.21. The average molecular weight is 476 g/mol. The quantitative estimate of drug-likeness (QED) is 0.556. The fraction of sp³-hybridized carbons (Fsp3) is 0.318. The lowest BCUT2D eigenvalue weighted by Crippen LogP contribution is -2.69. The van der Waals surface area contributed by atoms with Crippen molar-refractivity contribution < 1.29 is 26.6 Å². The van der Waals surface area contributed by atoms with Crippen molar-refractivity contribution in [1.82, 2.24) is 15.1 Å². The minimum Gasteiger partial charge on any atom is -0.415 e. The van der Waals surface area contributed by atoms with Gasteiger partial charge in [0.05, 0.1) is 6.54 Å². The van der Waals surface area contributed by atoms with E-state index in [0.29, 0.717) is 30.3 Å². The van der Waals surface area contributed by atoms with E-state index in [4.69, 9.17) is 4.42 Å². The van der Waals surface area contributed by atoms with Crippen LogP contribution in [0.15, 0.2) is 52.9 Å². The molecule has 1 aromatic heterocycles. The molecule has 7 nitrogen and oxygen atoms in total. The first-order valence-corrected chi connectivity index (χ1v) is 11.7. The zero-order valence-corrected chi connectivity index (χ0v) is 18.1. The van der Waals surface area contributed by atoms with Crippen molar-refractivity contribution in [3.63, 3.8) is 0 Å². The molecule has 0 radical (unpaired) electrons. The minimum absolute atomic E-state index is 0.0312. The largest absolute Gasteiger partial charge is 0.415 e. The molecule has 33 heavy (non-hydrogen) atoms. The fourth-order valence-corrected chi connectivity index (χ4v) is 5.83. The number of amides is 2. The van der Waals surface area contributed by atoms with E-state index in [1.165, 1.54) is 17.0 Å². The molecule has 2 aliphatic heterocycles. The molecular weight excluding hydrogens is 457 g/mol. The van der Waals surface area contributed by atoms with Crippen molar-refractivity contribution in [3.05, 3.63) is 65.8 Å². The number of alkyl halides is 2. The van der Waals surface area contributed by atoms with Crippen LogP contribution in [0.1, 0.15) is 17.9 Å². The second-order valence-electron chi connectivity index (χ2n) is 8.34. The van der Waals surface area contributed by atoms with Crippen molar-refractivity contribution in [3.8, 4) is 11.5 Å². The topological polar surface area (TPSA) is 79.5 Å². The summed E-state index contributed by atoms with van der Waals surface area (Å²) in [5, 5.41) is 6.79. The molecule has 5 rings (SSSR count). The Labute approximate surface area is 189 Å². The zero-order chi connectivity index (χ0) is 23.2. The molecule has 3 aromatic rings. The third-order valence-corrected chi connectivity index (χ3v) is 7.68. The van der Waals surface area contributed by atoms with Gasteiger partial charge in [-0.25, -0.2) is 9.18 Å². The molecule has 1 spiro atoms. The van der Waals surface area contributed by atoms with Gasteiger partial charge in [0.1, 0.15) is 5.82 Å². The van der Waals surface area contributed by atoms with Crippen molar-refractivity contribution in [2.75, 3.05) is 29.5 Å². The number of carbonyl (C=O) groups excluding carboxylic acids is 1. The van der Waals surface area contributed by atoms with Crippen molar-refractivity contribution in [2.24, 2.45) is 5.41 Å². The average Bonchev–Trinajstić information content (AvgIpc) is 3.25. The third kappa shape index (κ3) is 4.12. The van der Waals surface area contributed by atoms with Crippen molar-refractivity contribution in [2.45, 2.75) is 13.0 Å². The second kappa shape index (κ2) is 8.29. The van der Waals surface area contributed by atoms with Gasteiger partial charge in [0.25, 0.3) is 5.89 Å². The van der Waals surface area contributed by atoms with Gasteiger partial charge < -0.3 is 9.32 Å². The Kier molecular flexibility index (Phi) is 5.43. The zero-order valence-electron chi connectivity index (χ0n) is 17.3. The van der Waals surface area contributed by atoms with Gasteiger partial charge in [0, 0.05) is 57.6 Å². The van der Waals surface area contributed by atoms with Gasteiger partial charge in [-0.1, -0.05) is 24.3 Å². The second-order valence-corrected chi connectivity index (χ2v) is 9.80. The van der Waals surface area contributed by atoms with Crippen LogP contribution in [0.2, 0.25) is 0 Å². The van der Waals surface area contributed by atoms with Gasteiger partial charge in [-0.15, -0.1) is 10.2 Å². The molecule has 0 bridgehead atoms. The van der Waals surface area contributed by atoms with Crippen molar-refractivity contribution >= 4 is 22.5 Å². The molecule has 2 aromatic carbocycles. The summed E-state index contributed by atoms with van der Waals surface area (Å²) in [7, 11) is -0.799. The first-order valence-electron chi connectivity index (χ1n) is 10.2. The highest BCUT2D eigenvalue weighted by molar-refractivity contribution is 7.86. The molecule has 11 heteroatoms. The maximum atomic E-state index is 14.9. The van der Waals surface area contributed by atoms with Crippen LogP contribution in [0.5, 0.6) is 0 Å². The van der Waals surface area contributed by atoms with Crippen LogP contribution < -0.4 is 4.90 Å². The van der Waals surface area contributed by atoms with Gasteiger partial charge in [0.2, 0.25) is 5.89 Å². The number of anilines is 1. The van der Waals surface area contributed by atoms with Gasteiger partial charge in [-0.05, 0) is 24.3 Å². The Morgan fingerprint density at radius 3 is 2.48 bits per heavy atom. The van der Waals surface area contributed by atoms with Crippen LogP contribution in [0.4, 0.5) is 23.7 Å². The number of carbonyl (C=O) groups is 1. The molecule has 0 atom stereocenters. The number of hydrogen-bond donors (Lipinski definition) is 0. The highest BCUT2D eigenvalue weighted by atomic mass is 32.2. The van der Waals surface area contributed by atoms with Crippen molar-refractivity contribution in [1.29, 1.82) is 0 Å². The lowest BCUT2D eigenvalue weighted by atomic mass is 9.83. The van der Waals surface area contributed by atoms with E-state index in [0.717, 1.165) is 6.07 Å². The number of urea groups is 1. The van der Waals surface area contributed by atoms with E-state index in [2.05, 4.69) is 10.2 Å². The van der Waals surface area contributed by atoms with E-state index in [1.807, 2.05) is 6.07 Å². The lowest BCUT2D eigenvalue weighted by molar-refractivity contribution is 0.0611. The van der Waals surface area contributed by atoms with Gasteiger partial charge in [-0.2, -0.15) is 8.78 Å². The standard InChI is InChI=1S/C22H19F3N4O3S/c23-17-8-14(19-26-27-20(32-19)18(24)25)6-7-15(17)9-29(16-4-2-1-3-5-16)21(30)28-10-22(11-28)12-33(31)13-22/h1-8,18H,9-13H2. The molecular formula is C22H19F3N4O3S. The molecule has 2 fully saturated rings. The Bertz CT molecular complexity index is 1200. The highest BCUT2D eigenvalue weighted by Crippen LogP contribution is 2.40. The molecule has 172 valence electrons. The highest BCUT2D eigenvalue weighted by Gasteiger charge is 2.53. The predicted molar refractivity (Wildman–Crippen MR) is 115 cm³/mol. The monoisotopic (exact) mass is 476 g/mol. The first kappa shape index (κ1) is 21.6. The molecule has 3 heterocycles. The van der Waals surface area contributed by atoms with E-state index in [-0.39, 0.29) is 35.0 Å². The van der Waals surface area contributed by atoms with Crippen LogP contribution in [0.25, 0.3) is 11.5 Å². The fourth-order valence-electron chi connectivity index (χ4n) is 4.19. The van der Waals surface area contributed by atoms with Crippen LogP contribution in [-0.4, -0.2) is 49.9 Å². The maximum absolute atomic E-state index is 14.9. The summed E-state index contributed by atoms with van der Waals surface area (Å²) in [5.41, 5.74) is 0.972. The van der Waals surface area contributed by atoms with E-state index in [1.54, 1.807) is 29.2 Å². The summed E-state index contributed by atoms with van der Waals surface area (Å²) in [6.45, 7) is 1.04. The molecule has 2 saturated heterocycles. The molecule has 0 N–H and O–H groups in total. The maximum Gasteiger partial charge on any atom is 0.324 e. The minimum atomic E-state index is -2.92. The Balaban J connectivity index is 1.36. The van der Waals surface area contributed by atoms with Gasteiger partial charge >= 0.3 is 12.5 Å². The van der Waals surface area contributed by atoms with Crippen LogP contribution in [0, 0.1) is 11.2 Å². The third-order valence-electron chi connectivity index (χ3n) is 5.81. The molecule has 0 aliphatic carbocycles. The smallest absolute Gasteiger partial charge is 0.324 e. The summed E-state index contributed by atoms with van der Waals surface area (Å²) >= 11 is 0. The lowest BCUT2D eigenvalue weighted by Gasteiger charge is -2.55. The number of aromatic nitrogens is 2. The Morgan fingerprint density at radius 1 is 1.15 bits per heavy atom. The molecule has 0 saturated carbocycles. The van der Waals surface area contributed by atoms with E-state index < -0.39 is 28.9 Å². The molecule has 2 amide bonds. The number of likely N-dealkylation sites (tertiary alicyclic amines) is 1. The van der Waals surface area contributed by atoms with Crippen LogP contribution >= 0.6 is 0 Å². The molecule has 0 unspecified atom stereocenters. The van der Waals surface area contributed by atoms with E-state index in [9.17, 15) is 22.2 Å². The summed E-state index contributed by atoms with van der Waals surface area (Å²) in [6.07, 6.45) is -2.92. The number of nitrogens with zero attached hydrogens (tertiary/aromatic N) is 4. The molecule has 2 aliphatic rings. The number of para-hydroxylation sites is 1. The van der Waals surface area contributed by atoms with Crippen LogP contribution in [0.3, 0.4) is 0 Å². The van der Waals surface area contributed by atoms with Crippen LogP contribution in [-0.2, 0) is 17.3 Å². The number of halogens is 3. The SMILES string of the molecule is O=C(N1CC2(C1)CS(=O)C2)N(Cc1ccc(-c2nnc(C(F)F)o2)cc1F)c1ccccc1. The predicted octanol–water partition coefficient (Wildman–Crippen LogP) is 4.00. The Morgan fingerprint density at radius 2 is 1.88 bits per heavy atom.